The van der Waals surface area contributed by atoms with Crippen molar-refractivity contribution in [2.45, 2.75) is 6.10 Å². The van der Waals surface area contributed by atoms with Gasteiger partial charge in [0.25, 0.3) is 0 Å². The van der Waals surface area contributed by atoms with Gasteiger partial charge in [0.05, 0.1) is 12.8 Å². The number of aromatic nitrogens is 3. The summed E-state index contributed by atoms with van der Waals surface area (Å²) in [6.07, 6.45) is -0.597. The van der Waals surface area contributed by atoms with E-state index in [4.69, 9.17) is 9.57 Å². The number of fused-ring (bicyclic) bond motifs is 1. The highest BCUT2D eigenvalue weighted by molar-refractivity contribution is 5.73. The summed E-state index contributed by atoms with van der Waals surface area (Å²) in [5, 5.41) is 18.4. The van der Waals surface area contributed by atoms with E-state index in [0.29, 0.717) is 6.54 Å². The predicted octanol–water partition coefficient (Wildman–Crippen LogP) is 1.05. The molecule has 1 aromatic heterocycles. The van der Waals surface area contributed by atoms with Crippen LogP contribution in [-0.4, -0.2) is 77.7 Å². The van der Waals surface area contributed by atoms with E-state index in [1.165, 1.54) is 4.85 Å². The van der Waals surface area contributed by atoms with E-state index in [-0.39, 0.29) is 6.61 Å². The smallest absolute Gasteiger partial charge is 0.144 e. The van der Waals surface area contributed by atoms with Crippen molar-refractivity contribution in [2.75, 3.05) is 51.3 Å². The molecular weight excluding hydrogens is 358 g/mol. The molecule has 1 aliphatic heterocycles. The Morgan fingerprint density at radius 3 is 2.61 bits per heavy atom. The lowest BCUT2D eigenvalue weighted by molar-refractivity contribution is -0.00128. The molecule has 2 aromatic carbocycles. The third-order valence-corrected chi connectivity index (χ3v) is 4.98. The molecular formula is C20H25N5O3. The van der Waals surface area contributed by atoms with Gasteiger partial charge in [0.2, 0.25) is 0 Å². The minimum Gasteiger partial charge on any atom is -0.495 e. The summed E-state index contributed by atoms with van der Waals surface area (Å²) in [4.78, 5) is 11.6. The SMILES string of the molecule is COc1ccccc1N1CCN(C[C@H](O)COn2nnc3ccccc32)CC1. The Labute approximate surface area is 163 Å². The van der Waals surface area contributed by atoms with Gasteiger partial charge >= 0.3 is 0 Å². The van der Waals surface area contributed by atoms with E-state index in [0.717, 1.165) is 48.6 Å². The Morgan fingerprint density at radius 1 is 1.04 bits per heavy atom. The Balaban J connectivity index is 1.26. The maximum absolute atomic E-state index is 10.4. The first-order valence-electron chi connectivity index (χ1n) is 9.46. The number of nitrogens with zero attached hydrogens (tertiary/aromatic N) is 5. The zero-order chi connectivity index (χ0) is 19.3. The Kier molecular flexibility index (Phi) is 5.59. The number of rotatable bonds is 7. The molecule has 2 heterocycles. The fourth-order valence-corrected chi connectivity index (χ4v) is 3.51. The van der Waals surface area contributed by atoms with Crippen LogP contribution < -0.4 is 14.5 Å². The molecule has 1 fully saturated rings. The third kappa shape index (κ3) is 4.02. The molecule has 0 radical (unpaired) electrons. The van der Waals surface area contributed by atoms with Crippen LogP contribution in [0.25, 0.3) is 11.0 Å². The fraction of sp³-hybridized carbons (Fsp3) is 0.400. The number of ether oxygens (including phenoxy) is 1. The van der Waals surface area contributed by atoms with Crippen molar-refractivity contribution in [3.63, 3.8) is 0 Å². The van der Waals surface area contributed by atoms with Crippen LogP contribution in [0.5, 0.6) is 5.75 Å². The second-order valence-electron chi connectivity index (χ2n) is 6.86. The molecule has 3 aromatic rings. The Morgan fingerprint density at radius 2 is 1.79 bits per heavy atom. The zero-order valence-electron chi connectivity index (χ0n) is 15.9. The van der Waals surface area contributed by atoms with Crippen LogP contribution in [0.3, 0.4) is 0 Å². The van der Waals surface area contributed by atoms with Gasteiger partial charge in [-0.1, -0.05) is 29.1 Å². The van der Waals surface area contributed by atoms with Crippen molar-refractivity contribution >= 4 is 16.7 Å². The lowest BCUT2D eigenvalue weighted by Gasteiger charge is -2.37. The van der Waals surface area contributed by atoms with Crippen molar-refractivity contribution < 1.29 is 14.7 Å². The van der Waals surface area contributed by atoms with Crippen molar-refractivity contribution in [1.29, 1.82) is 0 Å². The van der Waals surface area contributed by atoms with Crippen LogP contribution in [-0.2, 0) is 0 Å². The molecule has 1 saturated heterocycles. The summed E-state index contributed by atoms with van der Waals surface area (Å²) in [6.45, 7) is 4.26. The first kappa shape index (κ1) is 18.5. The third-order valence-electron chi connectivity index (χ3n) is 4.98. The van der Waals surface area contributed by atoms with Crippen LogP contribution in [0, 0.1) is 0 Å². The van der Waals surface area contributed by atoms with E-state index in [1.54, 1.807) is 7.11 Å². The van der Waals surface area contributed by atoms with Gasteiger partial charge in [-0.2, -0.15) is 0 Å². The molecule has 0 aliphatic carbocycles. The summed E-state index contributed by atoms with van der Waals surface area (Å²) >= 11 is 0. The second kappa shape index (κ2) is 8.45. The molecule has 28 heavy (non-hydrogen) atoms. The van der Waals surface area contributed by atoms with Crippen LogP contribution in [0.4, 0.5) is 5.69 Å². The first-order chi connectivity index (χ1) is 13.7. The summed E-state index contributed by atoms with van der Waals surface area (Å²) in [6, 6.07) is 15.6. The molecule has 0 bridgehead atoms. The molecule has 4 rings (SSSR count). The molecule has 0 unspecified atom stereocenters. The Hall–Kier alpha value is -2.84. The van der Waals surface area contributed by atoms with Gasteiger partial charge in [0.1, 0.15) is 29.5 Å². The number of para-hydroxylation sites is 3. The summed E-state index contributed by atoms with van der Waals surface area (Å²) in [7, 11) is 1.70. The van der Waals surface area contributed by atoms with Crippen molar-refractivity contribution in [3.8, 4) is 5.75 Å². The molecule has 1 aliphatic rings. The number of hydrogen-bond donors (Lipinski definition) is 1. The highest BCUT2D eigenvalue weighted by Crippen LogP contribution is 2.28. The van der Waals surface area contributed by atoms with Gasteiger partial charge in [0.15, 0.2) is 0 Å². The predicted molar refractivity (Wildman–Crippen MR) is 107 cm³/mol. The summed E-state index contributed by atoms with van der Waals surface area (Å²) in [5.74, 6) is 0.893. The topological polar surface area (TPSA) is 75.9 Å². The zero-order valence-corrected chi connectivity index (χ0v) is 15.9. The van der Waals surface area contributed by atoms with E-state index < -0.39 is 6.10 Å². The van der Waals surface area contributed by atoms with Crippen molar-refractivity contribution in [1.82, 2.24) is 20.1 Å². The van der Waals surface area contributed by atoms with Crippen LogP contribution in [0.1, 0.15) is 0 Å². The second-order valence-corrected chi connectivity index (χ2v) is 6.86. The minimum absolute atomic E-state index is 0.167. The van der Waals surface area contributed by atoms with Gasteiger partial charge in [-0.05, 0) is 29.5 Å². The molecule has 1 atom stereocenters. The first-order valence-corrected chi connectivity index (χ1v) is 9.46. The van der Waals surface area contributed by atoms with Gasteiger partial charge in [-0.25, -0.2) is 0 Å². The largest absolute Gasteiger partial charge is 0.495 e. The normalized spacial score (nSPS) is 16.3. The molecule has 148 valence electrons. The van der Waals surface area contributed by atoms with Gasteiger partial charge < -0.3 is 19.6 Å². The number of piperazine rings is 1. The van der Waals surface area contributed by atoms with E-state index in [9.17, 15) is 5.11 Å². The van der Waals surface area contributed by atoms with Crippen LogP contribution >= 0.6 is 0 Å². The lowest BCUT2D eigenvalue weighted by atomic mass is 10.2. The monoisotopic (exact) mass is 383 g/mol. The maximum atomic E-state index is 10.4. The number of β-amino-alcohol motifs (C(OH)–C–C–N with tert-alkyl or cyclic N) is 1. The van der Waals surface area contributed by atoms with E-state index >= 15 is 0 Å². The van der Waals surface area contributed by atoms with Crippen LogP contribution in [0.2, 0.25) is 0 Å². The van der Waals surface area contributed by atoms with Gasteiger partial charge in [0, 0.05) is 32.7 Å². The molecule has 8 heteroatoms. The number of aliphatic hydroxyl groups is 1. The minimum atomic E-state index is -0.597. The number of methoxy groups -OCH3 is 1. The van der Waals surface area contributed by atoms with Crippen molar-refractivity contribution in [2.24, 2.45) is 0 Å². The van der Waals surface area contributed by atoms with E-state index in [2.05, 4.69) is 26.2 Å². The molecule has 1 N–H and O–H groups in total. The van der Waals surface area contributed by atoms with Crippen LogP contribution in [0.15, 0.2) is 48.5 Å². The summed E-state index contributed by atoms with van der Waals surface area (Å²) < 4.78 is 5.46. The highest BCUT2D eigenvalue weighted by Gasteiger charge is 2.21. The standard InChI is InChI=1S/C20H25N5O3/c1-27-20-9-5-4-8-19(20)24-12-10-23(11-13-24)14-16(26)15-28-25-18-7-3-2-6-17(18)21-22-25/h2-9,16,26H,10-15H2,1H3/t16-/m0/s1. The molecule has 0 amide bonds. The molecule has 0 saturated carbocycles. The molecule has 0 spiro atoms. The number of hydrogen-bond acceptors (Lipinski definition) is 7. The summed E-state index contributed by atoms with van der Waals surface area (Å²) in [5.41, 5.74) is 2.68. The fourth-order valence-electron chi connectivity index (χ4n) is 3.51. The number of anilines is 1. The maximum Gasteiger partial charge on any atom is 0.144 e. The molecule has 8 nitrogen and oxygen atoms in total. The van der Waals surface area contributed by atoms with Gasteiger partial charge in [-0.3, -0.25) is 4.90 Å². The average Bonchev–Trinajstić information content (AvgIpc) is 3.16. The quantitative estimate of drug-likeness (QED) is 0.654. The van der Waals surface area contributed by atoms with Crippen molar-refractivity contribution in [3.05, 3.63) is 48.5 Å². The number of aliphatic hydroxyl groups excluding tert-OH is 1. The lowest BCUT2D eigenvalue weighted by Crippen LogP contribution is -2.49. The van der Waals surface area contributed by atoms with Gasteiger partial charge in [-0.15, -0.1) is 5.10 Å². The average molecular weight is 383 g/mol. The number of benzene rings is 2. The highest BCUT2D eigenvalue weighted by atomic mass is 16.7. The van der Waals surface area contributed by atoms with E-state index in [1.807, 2.05) is 42.5 Å². The Bertz CT molecular complexity index is 908.